The summed E-state index contributed by atoms with van der Waals surface area (Å²) in [5.74, 6) is -9.61. The third kappa shape index (κ3) is 28.8. The summed E-state index contributed by atoms with van der Waals surface area (Å²) in [6.07, 6.45) is 1.21. The van der Waals surface area contributed by atoms with Crippen LogP contribution in [0.3, 0.4) is 0 Å². The van der Waals surface area contributed by atoms with E-state index in [0.29, 0.717) is 68.0 Å². The molecule has 0 spiro atoms. The van der Waals surface area contributed by atoms with Crippen LogP contribution in [0.2, 0.25) is 0 Å². The number of rotatable bonds is 35. The van der Waals surface area contributed by atoms with Gasteiger partial charge in [0.05, 0.1) is 38.8 Å². The van der Waals surface area contributed by atoms with Gasteiger partial charge in [0.2, 0.25) is 29.5 Å². The fourth-order valence-corrected chi connectivity index (χ4v) is 9.15. The van der Waals surface area contributed by atoms with Crippen molar-refractivity contribution in [2.75, 3.05) is 125 Å². The molecule has 1 heterocycles. The SMILES string of the molecule is CCC(=O)NCCNC(=O)/N=C(/N)NCCC[C@@H](NC(=O)[C@@H](c1ccccc1)c1cccc(OCCCCNC(=O)[C@@H](CO)NC(=O)CCNCN2CCN(CC(=O)O)CCN(CC(=O)O)CCN(CC(=O)O)CC2)c1)C(=O)NCc1c(F)cc(O)cc1F. The molecule has 15 N–H and O–H groups in total. The lowest BCUT2D eigenvalue weighted by Crippen LogP contribution is -2.50. The number of carbonyl (C=O) groups excluding carboxylic acids is 6. The van der Waals surface area contributed by atoms with Gasteiger partial charge in [-0.2, -0.15) is 4.99 Å². The number of carboxylic acids is 3. The van der Waals surface area contributed by atoms with Gasteiger partial charge in [0.25, 0.3) is 0 Å². The minimum absolute atomic E-state index is 0.0373. The zero-order chi connectivity index (χ0) is 65.1. The lowest BCUT2D eigenvalue weighted by atomic mass is 9.90. The molecule has 1 fully saturated rings. The number of carboxylic acid groups (broad SMARTS) is 3. The normalized spacial score (nSPS) is 14.9. The number of ether oxygens (including phenoxy) is 1. The van der Waals surface area contributed by atoms with Crippen molar-refractivity contribution in [1.82, 2.24) is 62.1 Å². The second-order valence-electron chi connectivity index (χ2n) is 20.8. The van der Waals surface area contributed by atoms with E-state index in [-0.39, 0.29) is 129 Å². The Balaban J connectivity index is 1.29. The first-order valence-corrected chi connectivity index (χ1v) is 29.2. The molecule has 4 rings (SSSR count). The first-order chi connectivity index (χ1) is 42.6. The van der Waals surface area contributed by atoms with Crippen LogP contribution >= 0.6 is 0 Å². The van der Waals surface area contributed by atoms with E-state index in [1.54, 1.807) is 76.2 Å². The van der Waals surface area contributed by atoms with E-state index >= 15 is 0 Å². The van der Waals surface area contributed by atoms with E-state index in [2.05, 4.69) is 47.5 Å². The fourth-order valence-electron chi connectivity index (χ4n) is 9.15. The zero-order valence-corrected chi connectivity index (χ0v) is 49.9. The first-order valence-electron chi connectivity index (χ1n) is 29.2. The predicted octanol–water partition coefficient (Wildman–Crippen LogP) is -1.31. The van der Waals surface area contributed by atoms with Crippen molar-refractivity contribution in [3.05, 3.63) is 95.1 Å². The molecule has 0 unspecified atom stereocenters. The van der Waals surface area contributed by atoms with Gasteiger partial charge in [-0.05, 0) is 48.9 Å². The molecule has 3 atom stereocenters. The Hall–Kier alpha value is -8.62. The smallest absolute Gasteiger partial charge is 0.344 e. The fraction of sp³-hybridized carbons (Fsp3) is 0.517. The number of guanidine groups is 1. The number of urea groups is 1. The summed E-state index contributed by atoms with van der Waals surface area (Å²) < 4.78 is 35.4. The quantitative estimate of drug-likeness (QED) is 0.0185. The number of aliphatic hydroxyl groups is 1. The number of phenols is 1. The number of unbranched alkanes of at least 4 members (excludes halogenated alkanes) is 1. The van der Waals surface area contributed by atoms with Crippen molar-refractivity contribution < 1.29 is 82.2 Å². The van der Waals surface area contributed by atoms with Crippen molar-refractivity contribution >= 4 is 59.4 Å². The highest BCUT2D eigenvalue weighted by Gasteiger charge is 2.29. The highest BCUT2D eigenvalue weighted by molar-refractivity contribution is 5.93. The van der Waals surface area contributed by atoms with Gasteiger partial charge < -0.3 is 78.5 Å². The molecule has 7 amide bonds. The molecule has 3 aromatic rings. The number of phenolic OH excluding ortho intramolecular Hbond substituents is 1. The molecule has 29 nitrogen and oxygen atoms in total. The van der Waals surface area contributed by atoms with Gasteiger partial charge >= 0.3 is 23.9 Å². The summed E-state index contributed by atoms with van der Waals surface area (Å²) in [7, 11) is 0. The summed E-state index contributed by atoms with van der Waals surface area (Å²) in [5.41, 5.74) is 6.39. The number of aliphatic carboxylic acids is 3. The Morgan fingerprint density at radius 2 is 1.17 bits per heavy atom. The third-order valence-electron chi connectivity index (χ3n) is 13.9. The topological polar surface area (TPSA) is 412 Å². The number of nitrogens with one attached hydrogen (secondary N) is 8. The second-order valence-corrected chi connectivity index (χ2v) is 20.8. The number of hydrogen-bond acceptors (Lipinski definition) is 17. The summed E-state index contributed by atoms with van der Waals surface area (Å²) >= 11 is 0. The number of hydrogen-bond donors (Lipinski definition) is 14. The van der Waals surface area contributed by atoms with E-state index in [0.717, 1.165) is 0 Å². The Kier molecular flexibility index (Phi) is 32.8. The Morgan fingerprint density at radius 1 is 0.607 bits per heavy atom. The molecule has 0 saturated carbocycles. The number of benzene rings is 3. The zero-order valence-electron chi connectivity index (χ0n) is 49.9. The molecule has 0 aromatic heterocycles. The number of aromatic hydroxyl groups is 1. The Labute approximate surface area is 514 Å². The van der Waals surface area contributed by atoms with Gasteiger partial charge in [-0.3, -0.25) is 58.0 Å². The minimum atomic E-state index is -1.28. The first kappa shape index (κ1) is 72.9. The molecule has 31 heteroatoms. The monoisotopic (exact) mass is 1250 g/mol. The van der Waals surface area contributed by atoms with E-state index in [1.165, 1.54) is 0 Å². The van der Waals surface area contributed by atoms with Crippen LogP contribution in [0.4, 0.5) is 13.6 Å². The maximum absolute atomic E-state index is 14.7. The van der Waals surface area contributed by atoms with Gasteiger partial charge in [-0.15, -0.1) is 0 Å². The molecule has 1 aliphatic rings. The number of nitrogens with zero attached hydrogens (tertiary/aromatic N) is 5. The average Bonchev–Trinajstić information content (AvgIpc) is 1.72. The van der Waals surface area contributed by atoms with E-state index in [9.17, 15) is 77.5 Å². The lowest BCUT2D eigenvalue weighted by molar-refractivity contribution is -0.140. The van der Waals surface area contributed by atoms with Crippen molar-refractivity contribution in [3.63, 3.8) is 0 Å². The largest absolute Gasteiger partial charge is 0.508 e. The summed E-state index contributed by atoms with van der Waals surface area (Å²) in [5, 5.41) is 69.6. The second kappa shape index (κ2) is 40.0. The molecule has 0 bridgehead atoms. The number of aliphatic imine (C=N–C) groups is 1. The molecule has 0 radical (unpaired) electrons. The summed E-state index contributed by atoms with van der Waals surface area (Å²) in [6, 6.07) is 13.5. The van der Waals surface area contributed by atoms with Gasteiger partial charge in [-0.25, -0.2) is 13.6 Å². The molecular weight excluding hydrogens is 1170 g/mol. The molecule has 1 saturated heterocycles. The van der Waals surface area contributed by atoms with Crippen LogP contribution in [0.5, 0.6) is 11.5 Å². The standard InChI is InChI=1S/C58H84F2N14O15/c1-2-48(77)63-19-20-66-58(88)70-57(61)65-17-9-14-46(54(85)67-33-43-44(59)31-41(76)32-45(43)60)69-56(87)53(39-10-4-3-5-11-39)40-12-8-13-42(30-40)89-29-7-6-16-64-55(86)47(37-75)68-49(78)15-18-62-38-74-27-25-72(35-51(81)82)23-21-71(34-50(79)80)22-24-73(26-28-74)36-52(83)84/h3-5,8,10-13,30-32,46-47,53,62,75-76H,2,6-7,9,14-29,33-38H2,1H3,(H,63,77)(H,64,86)(H,67,85)(H,68,78)(H,69,87)(H,79,80)(H,81,82)(H,83,84)(H4,61,65,66,70,88)/t46-,47-,53+/m1/s1. The summed E-state index contributed by atoms with van der Waals surface area (Å²) in [6.45, 7) is 3.08. The van der Waals surface area contributed by atoms with Gasteiger partial charge in [0.15, 0.2) is 5.96 Å². The van der Waals surface area contributed by atoms with Crippen LogP contribution in [0.1, 0.15) is 68.1 Å². The Morgan fingerprint density at radius 3 is 1.75 bits per heavy atom. The maximum Gasteiger partial charge on any atom is 0.344 e. The highest BCUT2D eigenvalue weighted by atomic mass is 19.1. The predicted molar refractivity (Wildman–Crippen MR) is 320 cm³/mol. The molecule has 1 aliphatic heterocycles. The van der Waals surface area contributed by atoms with Crippen LogP contribution in [0.15, 0.2) is 71.7 Å². The van der Waals surface area contributed by atoms with Crippen LogP contribution in [0.25, 0.3) is 0 Å². The Bertz CT molecular complexity index is 2770. The van der Waals surface area contributed by atoms with E-state index in [1.807, 2.05) is 4.90 Å². The molecule has 0 aliphatic carbocycles. The molecular formula is C58H84F2N14O15. The van der Waals surface area contributed by atoms with Gasteiger partial charge in [-0.1, -0.05) is 49.4 Å². The third-order valence-corrected chi connectivity index (χ3v) is 13.9. The molecule has 490 valence electrons. The summed E-state index contributed by atoms with van der Waals surface area (Å²) in [4.78, 5) is 123. The minimum Gasteiger partial charge on any atom is -0.508 e. The number of amides is 7. The van der Waals surface area contributed by atoms with Crippen molar-refractivity contribution in [1.29, 1.82) is 0 Å². The van der Waals surface area contributed by atoms with Gasteiger partial charge in [0, 0.05) is 129 Å². The number of halogens is 2. The van der Waals surface area contributed by atoms with Crippen molar-refractivity contribution in [2.45, 2.75) is 70.0 Å². The number of carbonyl (C=O) groups is 9. The molecule has 3 aromatic carbocycles. The molecule has 89 heavy (non-hydrogen) atoms. The van der Waals surface area contributed by atoms with Gasteiger partial charge in [0.1, 0.15) is 35.2 Å². The van der Waals surface area contributed by atoms with Crippen LogP contribution in [-0.2, 0) is 44.9 Å². The van der Waals surface area contributed by atoms with E-state index in [4.69, 9.17) is 10.5 Å². The number of nitrogens with two attached hydrogens (primary N) is 1. The van der Waals surface area contributed by atoms with Crippen LogP contribution in [0, 0.1) is 11.6 Å². The van der Waals surface area contributed by atoms with E-state index < -0.39 is 102 Å². The van der Waals surface area contributed by atoms with Crippen LogP contribution < -0.4 is 53.0 Å². The number of aliphatic hydroxyl groups excluding tert-OH is 1. The maximum atomic E-state index is 14.7. The van der Waals surface area contributed by atoms with Crippen LogP contribution in [-0.4, -0.2) is 241 Å². The van der Waals surface area contributed by atoms with Crippen molar-refractivity contribution in [2.24, 2.45) is 10.7 Å². The highest BCUT2D eigenvalue weighted by Crippen LogP contribution is 2.29. The average molecular weight is 1260 g/mol. The van der Waals surface area contributed by atoms with Crippen molar-refractivity contribution in [3.8, 4) is 11.5 Å². The lowest BCUT2D eigenvalue weighted by Gasteiger charge is -2.33.